The number of carboxylic acid groups (broad SMARTS) is 1. The molecule has 0 aromatic rings. The number of aliphatic hydroxyl groups is 1. The van der Waals surface area contributed by atoms with Crippen molar-refractivity contribution in [3.05, 3.63) is 0 Å². The number of aliphatic hydroxyl groups excluding tert-OH is 1. The van der Waals surface area contributed by atoms with Crippen molar-refractivity contribution >= 4 is 5.97 Å². The lowest BCUT2D eigenvalue weighted by Gasteiger charge is -2.23. The third kappa shape index (κ3) is 7.13. The van der Waals surface area contributed by atoms with Gasteiger partial charge in [-0.05, 0) is 32.1 Å². The van der Waals surface area contributed by atoms with Crippen LogP contribution in [-0.4, -0.2) is 22.3 Å². The first-order valence-electron chi connectivity index (χ1n) is 9.52. The van der Waals surface area contributed by atoms with Gasteiger partial charge in [0.1, 0.15) is 0 Å². The normalized spacial score (nSPS) is 18.5. The molecule has 1 rings (SSSR count). The van der Waals surface area contributed by atoms with Gasteiger partial charge in [0.25, 0.3) is 0 Å². The van der Waals surface area contributed by atoms with Crippen molar-refractivity contribution in [2.75, 3.05) is 0 Å². The Bertz CT molecular complexity index is 295. The molecule has 2 N–H and O–H groups in total. The summed E-state index contributed by atoms with van der Waals surface area (Å²) in [6.45, 7) is 2.22. The van der Waals surface area contributed by atoms with E-state index < -0.39 is 11.4 Å². The lowest BCUT2D eigenvalue weighted by atomic mass is 9.81. The average Bonchev–Trinajstić information content (AvgIpc) is 2.97. The van der Waals surface area contributed by atoms with Crippen LogP contribution in [0.25, 0.3) is 0 Å². The minimum atomic E-state index is -0.586. The van der Waals surface area contributed by atoms with E-state index >= 15 is 0 Å². The molecule has 0 bridgehead atoms. The maximum atomic E-state index is 11.4. The van der Waals surface area contributed by atoms with Crippen molar-refractivity contribution in [3.63, 3.8) is 0 Å². The predicted octanol–water partition coefficient (Wildman–Crippen LogP) is 5.30. The van der Waals surface area contributed by atoms with E-state index in [1.165, 1.54) is 25.7 Å². The smallest absolute Gasteiger partial charge is 0.309 e. The van der Waals surface area contributed by atoms with Gasteiger partial charge < -0.3 is 10.2 Å². The van der Waals surface area contributed by atoms with Crippen molar-refractivity contribution in [1.29, 1.82) is 0 Å². The number of aliphatic carboxylic acids is 1. The summed E-state index contributed by atoms with van der Waals surface area (Å²) in [7, 11) is 0. The fourth-order valence-electron chi connectivity index (χ4n) is 3.77. The molecule has 0 spiro atoms. The topological polar surface area (TPSA) is 57.5 Å². The van der Waals surface area contributed by atoms with E-state index in [4.69, 9.17) is 0 Å². The molecule has 3 nitrogen and oxygen atoms in total. The lowest BCUT2D eigenvalue weighted by molar-refractivity contribution is -0.149. The zero-order valence-electron chi connectivity index (χ0n) is 14.5. The van der Waals surface area contributed by atoms with Crippen LogP contribution in [0.4, 0.5) is 0 Å². The van der Waals surface area contributed by atoms with Crippen molar-refractivity contribution in [3.8, 4) is 0 Å². The van der Waals surface area contributed by atoms with Gasteiger partial charge in [-0.2, -0.15) is 0 Å². The van der Waals surface area contributed by atoms with Gasteiger partial charge in [0, 0.05) is 0 Å². The SMILES string of the molecule is CCCCCCCC(O)CCCCCC1(C(=O)O)CCCC1. The first kappa shape index (κ1) is 19.5. The Morgan fingerprint density at radius 3 is 2.05 bits per heavy atom. The number of carboxylic acids is 1. The fourth-order valence-corrected chi connectivity index (χ4v) is 3.77. The molecule has 1 saturated carbocycles. The molecular formula is C19H36O3. The van der Waals surface area contributed by atoms with Gasteiger partial charge in [-0.3, -0.25) is 4.79 Å². The molecule has 3 heteroatoms. The second kappa shape index (κ2) is 11.0. The average molecular weight is 312 g/mol. The van der Waals surface area contributed by atoms with E-state index in [0.717, 1.165) is 70.6 Å². The van der Waals surface area contributed by atoms with E-state index in [0.29, 0.717) is 0 Å². The van der Waals surface area contributed by atoms with Gasteiger partial charge in [0.15, 0.2) is 0 Å². The Morgan fingerprint density at radius 1 is 0.955 bits per heavy atom. The van der Waals surface area contributed by atoms with Crippen LogP contribution in [0.1, 0.15) is 103 Å². The Morgan fingerprint density at radius 2 is 1.50 bits per heavy atom. The molecule has 0 amide bonds. The van der Waals surface area contributed by atoms with Crippen LogP contribution in [0.5, 0.6) is 0 Å². The second-order valence-electron chi connectivity index (χ2n) is 7.25. The van der Waals surface area contributed by atoms with E-state index in [2.05, 4.69) is 6.92 Å². The molecule has 1 aliphatic rings. The zero-order chi connectivity index (χ0) is 16.3. The first-order valence-corrected chi connectivity index (χ1v) is 9.52. The Balaban J connectivity index is 2.01. The highest BCUT2D eigenvalue weighted by atomic mass is 16.4. The fraction of sp³-hybridized carbons (Fsp3) is 0.947. The molecule has 0 aromatic heterocycles. The zero-order valence-corrected chi connectivity index (χ0v) is 14.5. The number of carbonyl (C=O) groups is 1. The summed E-state index contributed by atoms with van der Waals surface area (Å²) in [5.74, 6) is -0.586. The molecule has 0 saturated heterocycles. The van der Waals surface area contributed by atoms with E-state index in [9.17, 15) is 15.0 Å². The van der Waals surface area contributed by atoms with E-state index in [1.54, 1.807) is 0 Å². The molecule has 1 fully saturated rings. The van der Waals surface area contributed by atoms with Crippen LogP contribution >= 0.6 is 0 Å². The maximum absolute atomic E-state index is 11.4. The summed E-state index contributed by atoms with van der Waals surface area (Å²) in [6.07, 6.45) is 15.7. The van der Waals surface area contributed by atoms with Gasteiger partial charge in [-0.1, -0.05) is 71.1 Å². The summed E-state index contributed by atoms with van der Waals surface area (Å²) >= 11 is 0. The molecular weight excluding hydrogens is 276 g/mol. The predicted molar refractivity (Wildman–Crippen MR) is 91.0 cm³/mol. The molecule has 0 aromatic carbocycles. The Labute approximate surface area is 136 Å². The number of hydrogen-bond acceptors (Lipinski definition) is 2. The van der Waals surface area contributed by atoms with E-state index in [-0.39, 0.29) is 6.10 Å². The van der Waals surface area contributed by atoms with Crippen LogP contribution in [0.15, 0.2) is 0 Å². The lowest BCUT2D eigenvalue weighted by Crippen LogP contribution is -2.27. The summed E-state index contributed by atoms with van der Waals surface area (Å²) in [5.41, 5.74) is -0.419. The van der Waals surface area contributed by atoms with Crippen LogP contribution in [0.3, 0.4) is 0 Å². The molecule has 1 atom stereocenters. The van der Waals surface area contributed by atoms with Crippen LogP contribution in [0, 0.1) is 5.41 Å². The molecule has 0 heterocycles. The Kier molecular flexibility index (Phi) is 9.77. The minimum absolute atomic E-state index is 0.151. The summed E-state index contributed by atoms with van der Waals surface area (Å²) in [6, 6.07) is 0. The largest absolute Gasteiger partial charge is 0.481 e. The molecule has 1 aliphatic carbocycles. The maximum Gasteiger partial charge on any atom is 0.309 e. The summed E-state index contributed by atoms with van der Waals surface area (Å²) in [5, 5.41) is 19.4. The Hall–Kier alpha value is -0.570. The third-order valence-corrected chi connectivity index (χ3v) is 5.35. The van der Waals surface area contributed by atoms with Crippen molar-refractivity contribution in [1.82, 2.24) is 0 Å². The summed E-state index contributed by atoms with van der Waals surface area (Å²) in [4.78, 5) is 11.4. The third-order valence-electron chi connectivity index (χ3n) is 5.35. The van der Waals surface area contributed by atoms with Crippen molar-refractivity contribution in [2.45, 2.75) is 109 Å². The van der Waals surface area contributed by atoms with Crippen molar-refractivity contribution in [2.24, 2.45) is 5.41 Å². The summed E-state index contributed by atoms with van der Waals surface area (Å²) < 4.78 is 0. The van der Waals surface area contributed by atoms with Gasteiger partial charge >= 0.3 is 5.97 Å². The second-order valence-corrected chi connectivity index (χ2v) is 7.25. The van der Waals surface area contributed by atoms with Gasteiger partial charge in [-0.15, -0.1) is 0 Å². The number of unbranched alkanes of at least 4 members (excludes halogenated alkanes) is 6. The highest BCUT2D eigenvalue weighted by Crippen LogP contribution is 2.42. The standard InChI is InChI=1S/C19H36O3/c1-2-3-4-5-7-12-17(20)13-8-6-9-14-19(18(21)22)15-10-11-16-19/h17,20H,2-16H2,1H3,(H,21,22). The first-order chi connectivity index (χ1) is 10.6. The highest BCUT2D eigenvalue weighted by Gasteiger charge is 2.40. The van der Waals surface area contributed by atoms with Crippen molar-refractivity contribution < 1.29 is 15.0 Å². The van der Waals surface area contributed by atoms with Gasteiger partial charge in [0.2, 0.25) is 0 Å². The molecule has 0 aliphatic heterocycles. The molecule has 1 unspecified atom stereocenters. The van der Waals surface area contributed by atoms with Gasteiger partial charge in [-0.25, -0.2) is 0 Å². The number of rotatable bonds is 13. The number of hydrogen-bond donors (Lipinski definition) is 2. The minimum Gasteiger partial charge on any atom is -0.481 e. The molecule has 130 valence electrons. The van der Waals surface area contributed by atoms with Crippen LogP contribution in [0.2, 0.25) is 0 Å². The van der Waals surface area contributed by atoms with E-state index in [1.807, 2.05) is 0 Å². The quantitative estimate of drug-likeness (QED) is 0.453. The monoisotopic (exact) mass is 312 g/mol. The van der Waals surface area contributed by atoms with Gasteiger partial charge in [0.05, 0.1) is 11.5 Å². The highest BCUT2D eigenvalue weighted by molar-refractivity contribution is 5.74. The molecule has 0 radical (unpaired) electrons. The van der Waals surface area contributed by atoms with Crippen LogP contribution in [-0.2, 0) is 4.79 Å². The van der Waals surface area contributed by atoms with Crippen LogP contribution < -0.4 is 0 Å². The molecule has 22 heavy (non-hydrogen) atoms.